The van der Waals surface area contributed by atoms with Crippen LogP contribution in [-0.4, -0.2) is 66.6 Å². The van der Waals surface area contributed by atoms with Crippen LogP contribution in [0.3, 0.4) is 0 Å². The van der Waals surface area contributed by atoms with Gasteiger partial charge in [-0.15, -0.1) is 0 Å². The monoisotopic (exact) mass is 461 g/mol. The van der Waals surface area contributed by atoms with E-state index in [-0.39, 0.29) is 0 Å². The number of hydrogen-bond donors (Lipinski definition) is 1. The van der Waals surface area contributed by atoms with Crippen molar-refractivity contribution in [1.29, 1.82) is 5.26 Å². The molecule has 4 rings (SSSR count). The minimum absolute atomic E-state index is 0.474. The summed E-state index contributed by atoms with van der Waals surface area (Å²) in [5.41, 5.74) is 4.46. The van der Waals surface area contributed by atoms with E-state index in [0.717, 1.165) is 82.2 Å². The number of nitrogens with zero attached hydrogens (tertiary/aromatic N) is 4. The van der Waals surface area contributed by atoms with Crippen molar-refractivity contribution in [2.75, 3.05) is 56.0 Å². The number of benzene rings is 2. The van der Waals surface area contributed by atoms with Crippen molar-refractivity contribution in [3.8, 4) is 6.07 Å². The van der Waals surface area contributed by atoms with Gasteiger partial charge in [0.05, 0.1) is 16.6 Å². The van der Waals surface area contributed by atoms with Crippen molar-refractivity contribution in [2.45, 2.75) is 38.6 Å². The van der Waals surface area contributed by atoms with Crippen molar-refractivity contribution in [1.82, 2.24) is 9.80 Å². The summed E-state index contributed by atoms with van der Waals surface area (Å²) in [6.45, 7) is 9.81. The summed E-state index contributed by atoms with van der Waals surface area (Å²) in [6.07, 6.45) is 4.36. The number of likely N-dealkylation sites (tertiary alicyclic amines) is 1. The van der Waals surface area contributed by atoms with Gasteiger partial charge >= 0.3 is 0 Å². The zero-order chi connectivity index (χ0) is 23.0. The Morgan fingerprint density at radius 2 is 1.64 bits per heavy atom. The lowest BCUT2D eigenvalue weighted by atomic mass is 10.0. The number of piperazine rings is 1. The number of rotatable bonds is 7. The average Bonchev–Trinajstić information content (AvgIpc) is 2.86. The molecule has 5 nitrogen and oxygen atoms in total. The number of anilines is 2. The Morgan fingerprint density at radius 1 is 0.970 bits per heavy atom. The van der Waals surface area contributed by atoms with Crippen LogP contribution in [0.5, 0.6) is 0 Å². The topological polar surface area (TPSA) is 45.5 Å². The van der Waals surface area contributed by atoms with Crippen LogP contribution in [0.4, 0.5) is 11.4 Å². The second kappa shape index (κ2) is 11.5. The molecule has 2 aliphatic rings. The second-order valence-corrected chi connectivity index (χ2v) is 9.73. The normalized spacial score (nSPS) is 17.6. The first-order valence-electron chi connectivity index (χ1n) is 12.2. The molecule has 2 fully saturated rings. The highest BCUT2D eigenvalue weighted by atomic mass is 32.1. The summed E-state index contributed by atoms with van der Waals surface area (Å²) in [5, 5.41) is 12.5. The van der Waals surface area contributed by atoms with Crippen LogP contribution in [0, 0.1) is 18.3 Å². The molecule has 0 aromatic heterocycles. The first kappa shape index (κ1) is 23.5. The predicted octanol–water partition coefficient (Wildman–Crippen LogP) is 4.67. The third-order valence-corrected chi connectivity index (χ3v) is 7.33. The van der Waals surface area contributed by atoms with Crippen LogP contribution in [0.15, 0.2) is 48.5 Å². The van der Waals surface area contributed by atoms with Crippen molar-refractivity contribution < 1.29 is 0 Å². The molecule has 0 saturated carbocycles. The number of aryl methyl sites for hydroxylation is 1. The summed E-state index contributed by atoms with van der Waals surface area (Å²) in [5.74, 6) is 0. The van der Waals surface area contributed by atoms with Gasteiger partial charge in [0, 0.05) is 56.7 Å². The molecule has 0 radical (unpaired) electrons. The Bertz CT molecular complexity index is 934. The Labute approximate surface area is 204 Å². The van der Waals surface area contributed by atoms with Gasteiger partial charge in [0.2, 0.25) is 0 Å². The average molecular weight is 462 g/mol. The molecule has 0 unspecified atom stereocenters. The van der Waals surface area contributed by atoms with Crippen molar-refractivity contribution in [3.63, 3.8) is 0 Å². The number of nitriles is 1. The van der Waals surface area contributed by atoms with Crippen LogP contribution >= 0.6 is 12.2 Å². The molecule has 2 aliphatic heterocycles. The van der Waals surface area contributed by atoms with Gasteiger partial charge in [-0.1, -0.05) is 29.9 Å². The fraction of sp³-hybridized carbons (Fsp3) is 0.481. The largest absolute Gasteiger partial charge is 0.382 e. The van der Waals surface area contributed by atoms with E-state index in [0.29, 0.717) is 11.6 Å². The number of hydrogen-bond acceptors (Lipinski definition) is 5. The number of thiocarbonyl (C=S) groups is 1. The third kappa shape index (κ3) is 6.69. The quantitative estimate of drug-likeness (QED) is 0.605. The molecule has 2 heterocycles. The van der Waals surface area contributed by atoms with Crippen molar-refractivity contribution in [2.24, 2.45) is 0 Å². The fourth-order valence-electron chi connectivity index (χ4n) is 4.75. The maximum atomic E-state index is 8.94. The molecule has 2 saturated heterocycles. The van der Waals surface area contributed by atoms with Crippen LogP contribution < -0.4 is 10.2 Å². The van der Waals surface area contributed by atoms with Crippen LogP contribution in [0.25, 0.3) is 0 Å². The van der Waals surface area contributed by atoms with E-state index in [1.54, 1.807) is 0 Å². The van der Waals surface area contributed by atoms with E-state index in [1.807, 2.05) is 24.3 Å². The van der Waals surface area contributed by atoms with Gasteiger partial charge in [0.25, 0.3) is 0 Å². The highest BCUT2D eigenvalue weighted by Crippen LogP contribution is 2.20. The molecule has 33 heavy (non-hydrogen) atoms. The second-order valence-electron chi connectivity index (χ2n) is 9.26. The van der Waals surface area contributed by atoms with Crippen molar-refractivity contribution in [3.05, 3.63) is 59.7 Å². The molecular weight excluding hydrogens is 426 g/mol. The van der Waals surface area contributed by atoms with E-state index in [4.69, 9.17) is 17.5 Å². The summed E-state index contributed by atoms with van der Waals surface area (Å²) < 4.78 is 0. The number of nitrogens with one attached hydrogen (secondary N) is 1. The smallest absolute Gasteiger partial charge is 0.0991 e. The lowest BCUT2D eigenvalue weighted by molar-refractivity contribution is 0.254. The zero-order valence-corrected chi connectivity index (χ0v) is 20.5. The first-order chi connectivity index (χ1) is 16.1. The minimum atomic E-state index is 0.474. The van der Waals surface area contributed by atoms with Gasteiger partial charge in [-0.2, -0.15) is 5.26 Å². The maximum Gasteiger partial charge on any atom is 0.0991 e. The van der Waals surface area contributed by atoms with Gasteiger partial charge in [-0.05, 0) is 75.5 Å². The van der Waals surface area contributed by atoms with E-state index in [9.17, 15) is 0 Å². The molecule has 0 spiro atoms. The summed E-state index contributed by atoms with van der Waals surface area (Å²) >= 11 is 5.78. The Balaban J connectivity index is 1.11. The summed E-state index contributed by atoms with van der Waals surface area (Å²) in [7, 11) is 0. The lowest BCUT2D eigenvalue weighted by Crippen LogP contribution is -2.47. The summed E-state index contributed by atoms with van der Waals surface area (Å²) in [6, 6.07) is 19.3. The molecular formula is C27H35N5S. The van der Waals surface area contributed by atoms with Gasteiger partial charge in [0.15, 0.2) is 0 Å². The highest BCUT2D eigenvalue weighted by Gasteiger charge is 2.21. The van der Waals surface area contributed by atoms with E-state index in [1.165, 1.54) is 11.3 Å². The van der Waals surface area contributed by atoms with Crippen molar-refractivity contribution >= 4 is 28.6 Å². The Kier molecular flexibility index (Phi) is 8.20. The molecule has 6 heteroatoms. The Morgan fingerprint density at radius 3 is 2.27 bits per heavy atom. The van der Waals surface area contributed by atoms with Gasteiger partial charge in [-0.25, -0.2) is 0 Å². The van der Waals surface area contributed by atoms with E-state index >= 15 is 0 Å². The van der Waals surface area contributed by atoms with Gasteiger partial charge < -0.3 is 15.1 Å². The van der Waals surface area contributed by atoms with Gasteiger partial charge in [-0.3, -0.25) is 4.90 Å². The lowest BCUT2D eigenvalue weighted by Gasteiger charge is -2.37. The predicted molar refractivity (Wildman–Crippen MR) is 141 cm³/mol. The molecule has 0 aliphatic carbocycles. The molecule has 174 valence electrons. The first-order valence-corrected chi connectivity index (χ1v) is 12.6. The Hall–Kier alpha value is -2.62. The van der Waals surface area contributed by atoms with Crippen LogP contribution in [0.1, 0.15) is 36.8 Å². The van der Waals surface area contributed by atoms with Crippen LogP contribution in [0.2, 0.25) is 0 Å². The molecule has 0 amide bonds. The molecule has 2 aromatic rings. The molecule has 2 aromatic carbocycles. The minimum Gasteiger partial charge on any atom is -0.382 e. The molecule has 0 atom stereocenters. The van der Waals surface area contributed by atoms with Gasteiger partial charge in [0.1, 0.15) is 0 Å². The summed E-state index contributed by atoms with van der Waals surface area (Å²) in [4.78, 5) is 8.62. The molecule has 0 bridgehead atoms. The SMILES string of the molecule is Cc1ccc(N2CCN(CCCC(=S)N3CCC(Nc4ccc(C#N)cc4)CC3)CC2)cc1. The third-order valence-electron chi connectivity index (χ3n) is 6.87. The standard InChI is InChI=1S/C27H35N5S/c1-22-4-10-26(11-5-22)31-19-17-30(18-20-31)14-2-3-27(33)32-15-12-25(13-16-32)29-24-8-6-23(21-28)7-9-24/h4-11,25,29H,2-3,12-20H2,1H3. The van der Waals surface area contributed by atoms with E-state index in [2.05, 4.69) is 57.3 Å². The highest BCUT2D eigenvalue weighted by molar-refractivity contribution is 7.80. The number of piperidine rings is 1. The fourth-order valence-corrected chi connectivity index (χ4v) is 5.07. The molecule has 1 N–H and O–H groups in total. The van der Waals surface area contributed by atoms with Crippen LogP contribution in [-0.2, 0) is 0 Å². The zero-order valence-electron chi connectivity index (χ0n) is 19.7. The maximum absolute atomic E-state index is 8.94. The van der Waals surface area contributed by atoms with E-state index < -0.39 is 0 Å².